The molecule has 3 aromatic rings. The van der Waals surface area contributed by atoms with E-state index in [1.165, 1.54) is 16.9 Å². The third-order valence-electron chi connectivity index (χ3n) is 4.35. The van der Waals surface area contributed by atoms with Crippen molar-refractivity contribution in [3.8, 4) is 0 Å². The molecule has 11 heteroatoms. The molecule has 0 aliphatic carbocycles. The normalized spacial score (nSPS) is 11.2. The van der Waals surface area contributed by atoms with Gasteiger partial charge in [0.1, 0.15) is 12.4 Å². The van der Waals surface area contributed by atoms with Crippen molar-refractivity contribution in [3.05, 3.63) is 82.2 Å². The van der Waals surface area contributed by atoms with Crippen molar-refractivity contribution in [3.63, 3.8) is 0 Å². The Balaban J connectivity index is 1.71. The number of nitrogens with zero attached hydrogens (tertiary/aromatic N) is 3. The first-order chi connectivity index (χ1) is 14.7. The van der Waals surface area contributed by atoms with Crippen LogP contribution < -0.4 is 10.6 Å². The molecule has 0 radical (unpaired) electrons. The number of aryl methyl sites for hydroxylation is 1. The monoisotopic (exact) mass is 433 g/mol. The summed E-state index contributed by atoms with van der Waals surface area (Å²) < 4.78 is 40.6. The summed E-state index contributed by atoms with van der Waals surface area (Å²) in [4.78, 5) is 22.4. The van der Waals surface area contributed by atoms with Gasteiger partial charge in [-0.15, -0.1) is 0 Å². The molecule has 0 bridgehead atoms. The van der Waals surface area contributed by atoms with Gasteiger partial charge in [0.2, 0.25) is 5.91 Å². The van der Waals surface area contributed by atoms with Crippen LogP contribution in [0.25, 0.3) is 0 Å². The van der Waals surface area contributed by atoms with Gasteiger partial charge in [-0.2, -0.15) is 18.3 Å². The molecule has 0 aliphatic rings. The number of nitro groups is 1. The molecule has 2 aromatic carbocycles. The largest absolute Gasteiger partial charge is 0.416 e. The lowest BCUT2D eigenvalue weighted by molar-refractivity contribution is -0.385. The molecule has 1 heterocycles. The fourth-order valence-electron chi connectivity index (χ4n) is 2.77. The van der Waals surface area contributed by atoms with E-state index in [1.807, 2.05) is 30.3 Å². The number of benzene rings is 2. The third kappa shape index (κ3) is 6.04. The first kappa shape index (κ1) is 21.8. The Kier molecular flexibility index (Phi) is 6.53. The van der Waals surface area contributed by atoms with Crippen molar-refractivity contribution in [2.24, 2.45) is 0 Å². The lowest BCUT2D eigenvalue weighted by atomic mass is 10.1. The number of aromatic nitrogens is 2. The number of hydrogen-bond acceptors (Lipinski definition) is 5. The topological polar surface area (TPSA) is 102 Å². The van der Waals surface area contributed by atoms with Crippen molar-refractivity contribution in [1.82, 2.24) is 9.78 Å². The van der Waals surface area contributed by atoms with Crippen LogP contribution in [0.15, 0.2) is 60.9 Å². The molecular formula is C20H18F3N5O3. The van der Waals surface area contributed by atoms with Crippen LogP contribution in [0.1, 0.15) is 17.5 Å². The van der Waals surface area contributed by atoms with E-state index in [2.05, 4.69) is 15.7 Å². The van der Waals surface area contributed by atoms with Gasteiger partial charge in [-0.1, -0.05) is 30.3 Å². The van der Waals surface area contributed by atoms with Gasteiger partial charge in [-0.05, 0) is 23.8 Å². The molecule has 3 rings (SSSR count). The molecular weight excluding hydrogens is 415 g/mol. The van der Waals surface area contributed by atoms with Crippen LogP contribution in [0.3, 0.4) is 0 Å². The Morgan fingerprint density at radius 3 is 2.52 bits per heavy atom. The number of nitrogens with one attached hydrogen (secondary N) is 2. The minimum atomic E-state index is -4.56. The molecule has 0 saturated carbocycles. The number of carbonyl (C=O) groups excluding carboxylic acids is 1. The van der Waals surface area contributed by atoms with Gasteiger partial charge in [-0.3, -0.25) is 19.6 Å². The molecule has 2 N–H and O–H groups in total. The first-order valence-electron chi connectivity index (χ1n) is 9.18. The van der Waals surface area contributed by atoms with E-state index >= 15 is 0 Å². The second-order valence-electron chi connectivity index (χ2n) is 6.61. The minimum absolute atomic E-state index is 0.0119. The fraction of sp³-hybridized carbons (Fsp3) is 0.200. The lowest BCUT2D eigenvalue weighted by Crippen LogP contribution is -2.17. The standard InChI is InChI=1S/C20H18F3N5O3/c21-20(22,23)15-6-7-17(24-11-14-4-2-1-3-5-14)18(10-15)26-19(29)8-9-27-13-16(12-25-27)28(30)31/h1-7,10,12-13,24H,8-9,11H2,(H,26,29). The van der Waals surface area contributed by atoms with E-state index in [0.717, 1.165) is 23.9 Å². The lowest BCUT2D eigenvalue weighted by Gasteiger charge is -2.16. The van der Waals surface area contributed by atoms with Crippen molar-refractivity contribution >= 4 is 23.0 Å². The molecule has 0 atom stereocenters. The maximum atomic E-state index is 13.1. The molecule has 1 amide bonds. The van der Waals surface area contributed by atoms with Gasteiger partial charge in [0.05, 0.1) is 21.9 Å². The molecule has 162 valence electrons. The predicted octanol–water partition coefficient (Wildman–Crippen LogP) is 4.45. The molecule has 0 aliphatic heterocycles. The van der Waals surface area contributed by atoms with Crippen LogP contribution >= 0.6 is 0 Å². The summed E-state index contributed by atoms with van der Waals surface area (Å²) in [5.41, 5.74) is 0.128. The number of halogens is 3. The van der Waals surface area contributed by atoms with Crippen LogP contribution in [-0.2, 0) is 24.1 Å². The Hall–Kier alpha value is -3.89. The van der Waals surface area contributed by atoms with Crippen LogP contribution in [0.4, 0.5) is 30.2 Å². The van der Waals surface area contributed by atoms with E-state index in [1.54, 1.807) is 0 Å². The number of anilines is 2. The van der Waals surface area contributed by atoms with Crippen LogP contribution in [-0.4, -0.2) is 20.6 Å². The van der Waals surface area contributed by atoms with E-state index in [-0.39, 0.29) is 24.3 Å². The van der Waals surface area contributed by atoms with Crippen molar-refractivity contribution in [2.75, 3.05) is 10.6 Å². The highest BCUT2D eigenvalue weighted by atomic mass is 19.4. The second-order valence-corrected chi connectivity index (χ2v) is 6.61. The Morgan fingerprint density at radius 1 is 1.13 bits per heavy atom. The molecule has 0 unspecified atom stereocenters. The summed E-state index contributed by atoms with van der Waals surface area (Å²) in [7, 11) is 0. The quantitative estimate of drug-likeness (QED) is 0.404. The molecule has 8 nitrogen and oxygen atoms in total. The number of hydrogen-bond donors (Lipinski definition) is 2. The average Bonchev–Trinajstić information content (AvgIpc) is 3.21. The third-order valence-corrected chi connectivity index (χ3v) is 4.35. The van der Waals surface area contributed by atoms with Crippen molar-refractivity contribution in [2.45, 2.75) is 25.7 Å². The van der Waals surface area contributed by atoms with Gasteiger partial charge in [0, 0.05) is 19.5 Å². The summed E-state index contributed by atoms with van der Waals surface area (Å²) in [6.45, 7) is 0.386. The average molecular weight is 433 g/mol. The highest BCUT2D eigenvalue weighted by Crippen LogP contribution is 2.34. The van der Waals surface area contributed by atoms with Gasteiger partial charge >= 0.3 is 11.9 Å². The van der Waals surface area contributed by atoms with Crippen molar-refractivity contribution in [1.29, 1.82) is 0 Å². The van der Waals surface area contributed by atoms with E-state index < -0.39 is 22.6 Å². The molecule has 0 saturated heterocycles. The predicted molar refractivity (Wildman–Crippen MR) is 107 cm³/mol. The Labute approximate surface area is 174 Å². The van der Waals surface area contributed by atoms with Crippen LogP contribution in [0.5, 0.6) is 0 Å². The SMILES string of the molecule is O=C(CCn1cc([N+](=O)[O-])cn1)Nc1cc(C(F)(F)F)ccc1NCc1ccccc1. The maximum Gasteiger partial charge on any atom is 0.416 e. The zero-order chi connectivity index (χ0) is 22.4. The zero-order valence-corrected chi connectivity index (χ0v) is 16.1. The number of rotatable bonds is 8. The fourth-order valence-corrected chi connectivity index (χ4v) is 2.77. The summed E-state index contributed by atoms with van der Waals surface area (Å²) in [5, 5.41) is 20.0. The highest BCUT2D eigenvalue weighted by molar-refractivity contribution is 5.94. The maximum absolute atomic E-state index is 13.1. The van der Waals surface area contributed by atoms with Gasteiger partial charge in [0.25, 0.3) is 0 Å². The summed E-state index contributed by atoms with van der Waals surface area (Å²) in [6, 6.07) is 12.3. The zero-order valence-electron chi connectivity index (χ0n) is 16.1. The van der Waals surface area contributed by atoms with Crippen LogP contribution in [0.2, 0.25) is 0 Å². The second kappa shape index (κ2) is 9.28. The summed E-state index contributed by atoms with van der Waals surface area (Å²) >= 11 is 0. The highest BCUT2D eigenvalue weighted by Gasteiger charge is 2.31. The Morgan fingerprint density at radius 2 is 1.87 bits per heavy atom. The van der Waals surface area contributed by atoms with Gasteiger partial charge in [0.15, 0.2) is 0 Å². The molecule has 0 spiro atoms. The first-order valence-corrected chi connectivity index (χ1v) is 9.18. The Bertz CT molecular complexity index is 1070. The van der Waals surface area contributed by atoms with Crippen LogP contribution in [0, 0.1) is 10.1 Å². The molecule has 0 fully saturated rings. The van der Waals surface area contributed by atoms with Gasteiger partial charge in [-0.25, -0.2) is 0 Å². The summed E-state index contributed by atoms with van der Waals surface area (Å²) in [6.07, 6.45) is -2.47. The molecule has 1 aromatic heterocycles. The van der Waals surface area contributed by atoms with E-state index in [4.69, 9.17) is 0 Å². The number of amides is 1. The number of alkyl halides is 3. The summed E-state index contributed by atoms with van der Waals surface area (Å²) in [5.74, 6) is -0.555. The smallest absolute Gasteiger partial charge is 0.379 e. The minimum Gasteiger partial charge on any atom is -0.379 e. The van der Waals surface area contributed by atoms with E-state index in [9.17, 15) is 28.1 Å². The van der Waals surface area contributed by atoms with E-state index in [0.29, 0.717) is 12.2 Å². The number of carbonyl (C=O) groups is 1. The molecule has 31 heavy (non-hydrogen) atoms. The van der Waals surface area contributed by atoms with Crippen molar-refractivity contribution < 1.29 is 22.9 Å². The van der Waals surface area contributed by atoms with Gasteiger partial charge < -0.3 is 10.6 Å².